The number of halogens is 1. The largest absolute Gasteiger partial charge is 0.488 e. The monoisotopic (exact) mass is 338 g/mol. The summed E-state index contributed by atoms with van der Waals surface area (Å²) in [5.74, 6) is 0.610. The Balaban J connectivity index is 1.52. The van der Waals surface area contributed by atoms with E-state index in [2.05, 4.69) is 28.3 Å². The molecule has 2 aromatic rings. The molecule has 0 aliphatic carbocycles. The number of rotatable bonds is 5. The standard InChI is InChI=1S/C16H19ClN2O2S/c1-12-4-8-22-15(12)10-19-6-7-20-13(9-19)11-21-14-3-2-5-18-16(14)17/h2-5,8,13H,6-7,9-11H2,1H3. The minimum atomic E-state index is 0.0605. The fourth-order valence-electron chi connectivity index (χ4n) is 2.46. The normalized spacial score (nSPS) is 19.3. The molecular weight excluding hydrogens is 320 g/mol. The topological polar surface area (TPSA) is 34.6 Å². The van der Waals surface area contributed by atoms with Crippen molar-refractivity contribution in [3.63, 3.8) is 0 Å². The number of hydrogen-bond donors (Lipinski definition) is 0. The van der Waals surface area contributed by atoms with Crippen molar-refractivity contribution in [3.8, 4) is 5.75 Å². The van der Waals surface area contributed by atoms with Crippen molar-refractivity contribution in [3.05, 3.63) is 45.4 Å². The molecule has 1 aliphatic rings. The predicted octanol–water partition coefficient (Wildman–Crippen LogP) is 3.38. The molecule has 0 radical (unpaired) electrons. The van der Waals surface area contributed by atoms with Crippen molar-refractivity contribution in [1.82, 2.24) is 9.88 Å². The Morgan fingerprint density at radius 2 is 2.41 bits per heavy atom. The zero-order chi connectivity index (χ0) is 15.4. The Morgan fingerprint density at radius 3 is 3.18 bits per heavy atom. The summed E-state index contributed by atoms with van der Waals surface area (Å²) in [6, 6.07) is 5.81. The Hall–Kier alpha value is -1.14. The van der Waals surface area contributed by atoms with E-state index in [1.54, 1.807) is 6.20 Å². The third-order valence-corrected chi connectivity index (χ3v) is 5.00. The van der Waals surface area contributed by atoms with E-state index in [1.165, 1.54) is 10.4 Å². The van der Waals surface area contributed by atoms with Crippen LogP contribution in [0.1, 0.15) is 10.4 Å². The molecule has 118 valence electrons. The summed E-state index contributed by atoms with van der Waals surface area (Å²) in [6.07, 6.45) is 1.71. The van der Waals surface area contributed by atoms with E-state index in [0.717, 1.165) is 26.2 Å². The number of ether oxygens (including phenoxy) is 2. The van der Waals surface area contributed by atoms with Crippen LogP contribution in [0.25, 0.3) is 0 Å². The number of morpholine rings is 1. The van der Waals surface area contributed by atoms with Crippen LogP contribution >= 0.6 is 22.9 Å². The molecule has 0 amide bonds. The van der Waals surface area contributed by atoms with E-state index in [0.29, 0.717) is 17.5 Å². The van der Waals surface area contributed by atoms with Crippen molar-refractivity contribution in [2.24, 2.45) is 0 Å². The van der Waals surface area contributed by atoms with E-state index in [-0.39, 0.29) is 6.10 Å². The highest BCUT2D eigenvalue weighted by molar-refractivity contribution is 7.10. The number of hydrogen-bond acceptors (Lipinski definition) is 5. The van der Waals surface area contributed by atoms with Gasteiger partial charge in [0.1, 0.15) is 12.7 Å². The van der Waals surface area contributed by atoms with Crippen molar-refractivity contribution < 1.29 is 9.47 Å². The first-order valence-electron chi connectivity index (χ1n) is 7.32. The second kappa shape index (κ2) is 7.42. The van der Waals surface area contributed by atoms with Gasteiger partial charge in [-0.2, -0.15) is 0 Å². The van der Waals surface area contributed by atoms with Gasteiger partial charge in [0, 0.05) is 30.7 Å². The lowest BCUT2D eigenvalue weighted by atomic mass is 10.2. The van der Waals surface area contributed by atoms with Gasteiger partial charge in [0.15, 0.2) is 10.9 Å². The second-order valence-corrected chi connectivity index (χ2v) is 6.72. The van der Waals surface area contributed by atoms with Crippen LogP contribution in [-0.4, -0.2) is 42.3 Å². The van der Waals surface area contributed by atoms with Crippen molar-refractivity contribution in [2.75, 3.05) is 26.3 Å². The second-order valence-electron chi connectivity index (χ2n) is 5.36. The van der Waals surface area contributed by atoms with Crippen LogP contribution < -0.4 is 4.74 Å². The first kappa shape index (κ1) is 15.7. The van der Waals surface area contributed by atoms with Gasteiger partial charge in [-0.15, -0.1) is 11.3 Å². The Kier molecular flexibility index (Phi) is 5.31. The summed E-state index contributed by atoms with van der Waals surface area (Å²) >= 11 is 7.81. The zero-order valence-electron chi connectivity index (χ0n) is 12.5. The summed E-state index contributed by atoms with van der Waals surface area (Å²) in [7, 11) is 0. The van der Waals surface area contributed by atoms with Gasteiger partial charge in [-0.05, 0) is 36.1 Å². The van der Waals surface area contributed by atoms with Crippen LogP contribution in [0, 0.1) is 6.92 Å². The minimum absolute atomic E-state index is 0.0605. The molecule has 2 aromatic heterocycles. The molecule has 0 N–H and O–H groups in total. The van der Waals surface area contributed by atoms with Gasteiger partial charge in [-0.25, -0.2) is 4.98 Å². The maximum Gasteiger partial charge on any atom is 0.171 e. The molecule has 22 heavy (non-hydrogen) atoms. The fraction of sp³-hybridized carbons (Fsp3) is 0.438. The van der Waals surface area contributed by atoms with E-state index in [1.807, 2.05) is 23.5 Å². The average molecular weight is 339 g/mol. The predicted molar refractivity (Wildman–Crippen MR) is 88.8 cm³/mol. The quantitative estimate of drug-likeness (QED) is 0.783. The van der Waals surface area contributed by atoms with Gasteiger partial charge in [-0.1, -0.05) is 11.6 Å². The van der Waals surface area contributed by atoms with Crippen LogP contribution in [0.2, 0.25) is 5.15 Å². The third kappa shape index (κ3) is 3.98. The molecule has 1 saturated heterocycles. The third-order valence-electron chi connectivity index (χ3n) is 3.71. The molecule has 1 unspecified atom stereocenters. The smallest absolute Gasteiger partial charge is 0.171 e. The molecule has 6 heteroatoms. The maximum atomic E-state index is 6.00. The molecular formula is C16H19ClN2O2S. The summed E-state index contributed by atoms with van der Waals surface area (Å²) in [6.45, 7) is 6.20. The lowest BCUT2D eigenvalue weighted by molar-refractivity contribution is -0.0502. The van der Waals surface area contributed by atoms with E-state index >= 15 is 0 Å². The summed E-state index contributed by atoms with van der Waals surface area (Å²) < 4.78 is 11.5. The maximum absolute atomic E-state index is 6.00. The van der Waals surface area contributed by atoms with Gasteiger partial charge in [-0.3, -0.25) is 4.90 Å². The lowest BCUT2D eigenvalue weighted by Crippen LogP contribution is -2.44. The zero-order valence-corrected chi connectivity index (χ0v) is 14.1. The lowest BCUT2D eigenvalue weighted by Gasteiger charge is -2.32. The summed E-state index contributed by atoms with van der Waals surface area (Å²) in [4.78, 5) is 7.85. The van der Waals surface area contributed by atoms with E-state index in [4.69, 9.17) is 21.1 Å². The van der Waals surface area contributed by atoms with Crippen molar-refractivity contribution in [2.45, 2.75) is 19.6 Å². The van der Waals surface area contributed by atoms with Crippen LogP contribution in [0.15, 0.2) is 29.8 Å². The Morgan fingerprint density at radius 1 is 1.50 bits per heavy atom. The number of aromatic nitrogens is 1. The van der Waals surface area contributed by atoms with Gasteiger partial charge in [0.05, 0.1) is 6.61 Å². The first-order valence-corrected chi connectivity index (χ1v) is 8.58. The number of pyridine rings is 1. The van der Waals surface area contributed by atoms with E-state index < -0.39 is 0 Å². The molecule has 0 saturated carbocycles. The Bertz CT molecular complexity index is 620. The molecule has 3 rings (SSSR count). The SMILES string of the molecule is Cc1ccsc1CN1CCOC(COc2cccnc2Cl)C1. The van der Waals surface area contributed by atoms with E-state index in [9.17, 15) is 0 Å². The van der Waals surface area contributed by atoms with Gasteiger partial charge >= 0.3 is 0 Å². The molecule has 0 spiro atoms. The number of aryl methyl sites for hydroxylation is 1. The van der Waals surface area contributed by atoms with Crippen LogP contribution in [0.4, 0.5) is 0 Å². The molecule has 0 bridgehead atoms. The van der Waals surface area contributed by atoms with Crippen LogP contribution in [0.5, 0.6) is 5.75 Å². The van der Waals surface area contributed by atoms with Gasteiger partial charge in [0.25, 0.3) is 0 Å². The highest BCUT2D eigenvalue weighted by Gasteiger charge is 2.22. The summed E-state index contributed by atoms with van der Waals surface area (Å²) in [5, 5.41) is 2.54. The van der Waals surface area contributed by atoms with Crippen molar-refractivity contribution in [1.29, 1.82) is 0 Å². The highest BCUT2D eigenvalue weighted by Crippen LogP contribution is 2.22. The Labute approximate surface area is 139 Å². The fourth-order valence-corrected chi connectivity index (χ4v) is 3.58. The highest BCUT2D eigenvalue weighted by atomic mass is 35.5. The molecule has 0 aromatic carbocycles. The van der Waals surface area contributed by atoms with Crippen LogP contribution in [-0.2, 0) is 11.3 Å². The first-order chi connectivity index (χ1) is 10.7. The molecule has 4 nitrogen and oxygen atoms in total. The van der Waals surface area contributed by atoms with Gasteiger partial charge in [0.2, 0.25) is 0 Å². The summed E-state index contributed by atoms with van der Waals surface area (Å²) in [5.41, 5.74) is 1.37. The molecule has 1 fully saturated rings. The number of nitrogens with zero attached hydrogens (tertiary/aromatic N) is 2. The molecule has 1 atom stereocenters. The van der Waals surface area contributed by atoms with Gasteiger partial charge < -0.3 is 9.47 Å². The number of thiophene rings is 1. The molecule has 1 aliphatic heterocycles. The van der Waals surface area contributed by atoms with Crippen LogP contribution in [0.3, 0.4) is 0 Å². The molecule has 3 heterocycles. The average Bonchev–Trinajstić information content (AvgIpc) is 2.92. The van der Waals surface area contributed by atoms with Crippen molar-refractivity contribution >= 4 is 22.9 Å². The minimum Gasteiger partial charge on any atom is -0.488 e.